The number of aryl methyl sites for hydroxylation is 1. The Morgan fingerprint density at radius 3 is 2.40 bits per heavy atom. The van der Waals surface area contributed by atoms with E-state index in [-0.39, 0.29) is 24.0 Å². The molecule has 0 radical (unpaired) electrons. The van der Waals surface area contributed by atoms with Crippen LogP contribution in [-0.2, 0) is 6.42 Å². The first-order chi connectivity index (χ1) is 11.7. The quantitative estimate of drug-likeness (QED) is 0.415. The first-order valence-electron chi connectivity index (χ1n) is 9.40. The van der Waals surface area contributed by atoms with Gasteiger partial charge in [-0.25, -0.2) is 0 Å². The molecule has 2 N–H and O–H groups in total. The van der Waals surface area contributed by atoms with E-state index in [1.54, 1.807) is 0 Å². The van der Waals surface area contributed by atoms with Gasteiger partial charge >= 0.3 is 0 Å². The molecule has 2 atom stereocenters. The van der Waals surface area contributed by atoms with E-state index in [0.29, 0.717) is 6.04 Å². The number of piperidine rings is 2. The topological polar surface area (TPSA) is 39.7 Å². The summed E-state index contributed by atoms with van der Waals surface area (Å²) in [6.45, 7) is 3.05. The molecule has 0 saturated carbocycles. The lowest BCUT2D eigenvalue weighted by Gasteiger charge is -2.47. The van der Waals surface area contributed by atoms with Gasteiger partial charge in [-0.05, 0) is 51.6 Å². The number of hydrogen-bond donors (Lipinski definition) is 2. The Kier molecular flexibility index (Phi) is 8.00. The summed E-state index contributed by atoms with van der Waals surface area (Å²) in [6.07, 6.45) is 7.61. The van der Waals surface area contributed by atoms with Crippen LogP contribution in [0.3, 0.4) is 0 Å². The number of aliphatic imine (C=N–C) groups is 1. The van der Waals surface area contributed by atoms with E-state index in [9.17, 15) is 0 Å². The van der Waals surface area contributed by atoms with Gasteiger partial charge in [0.25, 0.3) is 0 Å². The minimum absolute atomic E-state index is 0. The van der Waals surface area contributed by atoms with Crippen LogP contribution in [0, 0.1) is 6.92 Å². The lowest BCUT2D eigenvalue weighted by molar-refractivity contribution is 0.0526. The molecule has 2 heterocycles. The highest BCUT2D eigenvalue weighted by Crippen LogP contribution is 2.32. The van der Waals surface area contributed by atoms with Crippen LogP contribution in [0.1, 0.15) is 43.2 Å². The van der Waals surface area contributed by atoms with Crippen molar-refractivity contribution in [2.24, 2.45) is 4.99 Å². The highest BCUT2D eigenvalue weighted by molar-refractivity contribution is 14.0. The lowest BCUT2D eigenvalue weighted by Crippen LogP contribution is -2.56. The average Bonchev–Trinajstić information content (AvgIpc) is 2.56. The Bertz CT molecular complexity index is 543. The average molecular weight is 456 g/mol. The summed E-state index contributed by atoms with van der Waals surface area (Å²) >= 11 is 0. The molecule has 1 aromatic rings. The van der Waals surface area contributed by atoms with Crippen molar-refractivity contribution in [3.63, 3.8) is 0 Å². The molecule has 25 heavy (non-hydrogen) atoms. The fourth-order valence-electron chi connectivity index (χ4n) is 4.20. The maximum atomic E-state index is 4.42. The van der Waals surface area contributed by atoms with Gasteiger partial charge in [0.05, 0.1) is 0 Å². The Labute approximate surface area is 169 Å². The van der Waals surface area contributed by atoms with Crippen LogP contribution in [-0.4, -0.2) is 49.6 Å². The zero-order chi connectivity index (χ0) is 16.9. The fourth-order valence-corrected chi connectivity index (χ4v) is 4.20. The standard InChI is InChI=1S/C20H32N4.HI/c1-15-7-9-16(10-8-15)11-12-22-20(21-2)23-17-13-18-5-4-6-19(14-17)24(18)3;/h7-10,17-19H,4-6,11-14H2,1-3H3,(H2,21,22,23);1H. The second kappa shape index (κ2) is 9.76. The van der Waals surface area contributed by atoms with Crippen LogP contribution in [0.15, 0.2) is 29.3 Å². The second-order valence-electron chi connectivity index (χ2n) is 7.45. The van der Waals surface area contributed by atoms with Crippen molar-refractivity contribution >= 4 is 29.9 Å². The van der Waals surface area contributed by atoms with Crippen LogP contribution in [0.2, 0.25) is 0 Å². The predicted molar refractivity (Wildman–Crippen MR) is 117 cm³/mol. The normalized spacial score (nSPS) is 26.7. The first kappa shape index (κ1) is 20.5. The summed E-state index contributed by atoms with van der Waals surface area (Å²) in [5, 5.41) is 7.14. The van der Waals surface area contributed by atoms with E-state index in [1.807, 2.05) is 7.05 Å². The summed E-state index contributed by atoms with van der Waals surface area (Å²) in [5.41, 5.74) is 2.69. The molecule has 1 aromatic carbocycles. The van der Waals surface area contributed by atoms with Gasteiger partial charge in [0.15, 0.2) is 5.96 Å². The van der Waals surface area contributed by atoms with E-state index in [2.05, 4.69) is 58.8 Å². The van der Waals surface area contributed by atoms with Crippen molar-refractivity contribution in [1.82, 2.24) is 15.5 Å². The maximum Gasteiger partial charge on any atom is 0.191 e. The van der Waals surface area contributed by atoms with Crippen molar-refractivity contribution in [2.75, 3.05) is 20.6 Å². The Morgan fingerprint density at radius 1 is 1.16 bits per heavy atom. The Balaban J connectivity index is 0.00000225. The molecular formula is C20H33IN4. The van der Waals surface area contributed by atoms with Crippen molar-refractivity contribution in [2.45, 2.75) is 63.6 Å². The van der Waals surface area contributed by atoms with Crippen LogP contribution >= 0.6 is 24.0 Å². The summed E-state index contributed by atoms with van der Waals surface area (Å²) in [5.74, 6) is 0.953. The van der Waals surface area contributed by atoms with E-state index in [4.69, 9.17) is 0 Å². The maximum absolute atomic E-state index is 4.42. The van der Waals surface area contributed by atoms with Crippen molar-refractivity contribution in [3.8, 4) is 0 Å². The summed E-state index contributed by atoms with van der Waals surface area (Å²) < 4.78 is 0. The zero-order valence-corrected chi connectivity index (χ0v) is 18.1. The highest BCUT2D eigenvalue weighted by atomic mass is 127. The van der Waals surface area contributed by atoms with Gasteiger partial charge in [0.1, 0.15) is 0 Å². The molecular weight excluding hydrogens is 423 g/mol. The number of nitrogens with one attached hydrogen (secondary N) is 2. The molecule has 2 aliphatic rings. The number of rotatable bonds is 4. The SMILES string of the molecule is CN=C(NCCc1ccc(C)cc1)NC1CC2CCCC(C1)N2C.I. The van der Waals surface area contributed by atoms with E-state index >= 15 is 0 Å². The molecule has 2 saturated heterocycles. The minimum atomic E-state index is 0. The van der Waals surface area contributed by atoms with Gasteiger partial charge in [0.2, 0.25) is 0 Å². The highest BCUT2D eigenvalue weighted by Gasteiger charge is 2.36. The van der Waals surface area contributed by atoms with Gasteiger partial charge in [-0.15, -0.1) is 24.0 Å². The minimum Gasteiger partial charge on any atom is -0.356 e. The number of guanidine groups is 1. The smallest absolute Gasteiger partial charge is 0.191 e. The molecule has 2 unspecified atom stereocenters. The molecule has 5 heteroatoms. The van der Waals surface area contributed by atoms with Gasteiger partial charge in [-0.1, -0.05) is 36.2 Å². The lowest BCUT2D eigenvalue weighted by atomic mass is 9.82. The predicted octanol–water partition coefficient (Wildman–Crippen LogP) is 3.34. The van der Waals surface area contributed by atoms with Crippen molar-refractivity contribution in [1.29, 1.82) is 0 Å². The van der Waals surface area contributed by atoms with Crippen LogP contribution in [0.25, 0.3) is 0 Å². The summed E-state index contributed by atoms with van der Waals surface area (Å²) in [4.78, 5) is 7.03. The third-order valence-corrected chi connectivity index (χ3v) is 5.73. The third kappa shape index (κ3) is 5.58. The third-order valence-electron chi connectivity index (χ3n) is 5.73. The second-order valence-corrected chi connectivity index (χ2v) is 7.45. The molecule has 2 fully saturated rings. The van der Waals surface area contributed by atoms with Gasteiger partial charge in [-0.2, -0.15) is 0 Å². The molecule has 4 nitrogen and oxygen atoms in total. The Hall–Kier alpha value is -0.820. The number of benzene rings is 1. The van der Waals surface area contributed by atoms with Gasteiger partial charge in [0, 0.05) is 31.7 Å². The summed E-state index contributed by atoms with van der Waals surface area (Å²) in [6, 6.07) is 10.8. The molecule has 2 bridgehead atoms. The monoisotopic (exact) mass is 456 g/mol. The summed E-state index contributed by atoms with van der Waals surface area (Å²) in [7, 11) is 4.18. The first-order valence-corrected chi connectivity index (χ1v) is 9.40. The number of fused-ring (bicyclic) bond motifs is 2. The number of halogens is 1. The fraction of sp³-hybridized carbons (Fsp3) is 0.650. The van der Waals surface area contributed by atoms with Gasteiger partial charge < -0.3 is 15.5 Å². The van der Waals surface area contributed by atoms with Crippen LogP contribution < -0.4 is 10.6 Å². The molecule has 3 rings (SSSR count). The number of nitrogens with zero attached hydrogens (tertiary/aromatic N) is 2. The molecule has 0 aliphatic carbocycles. The molecule has 0 spiro atoms. The largest absolute Gasteiger partial charge is 0.356 e. The van der Waals surface area contributed by atoms with E-state index in [0.717, 1.165) is 31.0 Å². The Morgan fingerprint density at radius 2 is 1.80 bits per heavy atom. The van der Waals surface area contributed by atoms with Gasteiger partial charge in [-0.3, -0.25) is 4.99 Å². The molecule has 2 aliphatic heterocycles. The van der Waals surface area contributed by atoms with Crippen molar-refractivity contribution < 1.29 is 0 Å². The molecule has 0 amide bonds. The number of hydrogen-bond acceptors (Lipinski definition) is 2. The van der Waals surface area contributed by atoms with Crippen LogP contribution in [0.4, 0.5) is 0 Å². The molecule has 140 valence electrons. The van der Waals surface area contributed by atoms with Crippen molar-refractivity contribution in [3.05, 3.63) is 35.4 Å². The molecule has 0 aromatic heterocycles. The van der Waals surface area contributed by atoms with E-state index < -0.39 is 0 Å². The van der Waals surface area contributed by atoms with Crippen LogP contribution in [0.5, 0.6) is 0 Å². The zero-order valence-electron chi connectivity index (χ0n) is 15.8. The van der Waals surface area contributed by atoms with E-state index in [1.165, 1.54) is 43.2 Å².